The first kappa shape index (κ1) is 17.7. The fraction of sp³-hybridized carbons (Fsp3) is 0.500. The maximum absolute atomic E-state index is 12.9. The van der Waals surface area contributed by atoms with E-state index in [-0.39, 0.29) is 37.4 Å². The molecule has 1 N–H and O–H groups in total. The zero-order valence-electron chi connectivity index (χ0n) is 14.0. The van der Waals surface area contributed by atoms with Crippen molar-refractivity contribution in [2.24, 2.45) is 11.8 Å². The highest BCUT2D eigenvalue weighted by molar-refractivity contribution is 6.33. The van der Waals surface area contributed by atoms with E-state index in [4.69, 9.17) is 16.7 Å². The first-order valence-corrected chi connectivity index (χ1v) is 8.84. The SMILES string of the molecule is CC(CN(C(=O)C1CC(=O)N(c2ccccc2Cl)C1)C1CC1)C(=O)O. The van der Waals surface area contributed by atoms with Crippen LogP contribution >= 0.6 is 11.6 Å². The van der Waals surface area contributed by atoms with Crippen LogP contribution in [0.3, 0.4) is 0 Å². The number of carbonyl (C=O) groups excluding carboxylic acids is 2. The molecule has 2 aliphatic rings. The van der Waals surface area contributed by atoms with Crippen molar-refractivity contribution < 1.29 is 19.5 Å². The number of para-hydroxylation sites is 1. The van der Waals surface area contributed by atoms with Crippen LogP contribution in [-0.4, -0.2) is 46.9 Å². The quantitative estimate of drug-likeness (QED) is 0.840. The van der Waals surface area contributed by atoms with Crippen molar-refractivity contribution in [2.45, 2.75) is 32.2 Å². The van der Waals surface area contributed by atoms with Gasteiger partial charge < -0.3 is 14.9 Å². The fourth-order valence-electron chi connectivity index (χ4n) is 3.19. The molecule has 1 aliphatic carbocycles. The Labute approximate surface area is 151 Å². The summed E-state index contributed by atoms with van der Waals surface area (Å²) in [6, 6.07) is 7.17. The normalized spacial score (nSPS) is 21.3. The molecule has 134 valence electrons. The molecule has 2 unspecified atom stereocenters. The van der Waals surface area contributed by atoms with Gasteiger partial charge in [-0.3, -0.25) is 14.4 Å². The predicted molar refractivity (Wildman–Crippen MR) is 93.4 cm³/mol. The molecule has 1 aromatic rings. The van der Waals surface area contributed by atoms with Gasteiger partial charge in [-0.2, -0.15) is 0 Å². The van der Waals surface area contributed by atoms with E-state index in [1.54, 1.807) is 41.0 Å². The number of nitrogens with zero attached hydrogens (tertiary/aromatic N) is 2. The van der Waals surface area contributed by atoms with Crippen molar-refractivity contribution in [3.63, 3.8) is 0 Å². The minimum absolute atomic E-state index is 0.110. The third-order valence-corrected chi connectivity index (χ3v) is 5.10. The Morgan fingerprint density at radius 1 is 1.36 bits per heavy atom. The average Bonchev–Trinajstić information content (AvgIpc) is 3.34. The second-order valence-corrected chi connectivity index (χ2v) is 7.23. The van der Waals surface area contributed by atoms with Crippen LogP contribution in [-0.2, 0) is 14.4 Å². The van der Waals surface area contributed by atoms with Crippen molar-refractivity contribution >= 4 is 35.1 Å². The van der Waals surface area contributed by atoms with Gasteiger partial charge in [-0.1, -0.05) is 30.7 Å². The van der Waals surface area contributed by atoms with Gasteiger partial charge in [0.15, 0.2) is 0 Å². The lowest BCUT2D eigenvalue weighted by Gasteiger charge is -2.27. The third kappa shape index (κ3) is 3.79. The van der Waals surface area contributed by atoms with Gasteiger partial charge in [-0.05, 0) is 25.0 Å². The molecule has 0 aromatic heterocycles. The minimum Gasteiger partial charge on any atom is -0.481 e. The number of rotatable bonds is 6. The van der Waals surface area contributed by atoms with E-state index in [0.29, 0.717) is 10.7 Å². The van der Waals surface area contributed by atoms with E-state index in [2.05, 4.69) is 0 Å². The first-order valence-electron chi connectivity index (χ1n) is 8.46. The number of anilines is 1. The van der Waals surface area contributed by atoms with Gasteiger partial charge in [0.05, 0.1) is 22.5 Å². The monoisotopic (exact) mass is 364 g/mol. The minimum atomic E-state index is -0.918. The Morgan fingerprint density at radius 2 is 2.04 bits per heavy atom. The van der Waals surface area contributed by atoms with Gasteiger partial charge in [0.2, 0.25) is 11.8 Å². The van der Waals surface area contributed by atoms with Crippen molar-refractivity contribution in [3.05, 3.63) is 29.3 Å². The Bertz CT molecular complexity index is 704. The topological polar surface area (TPSA) is 77.9 Å². The van der Waals surface area contributed by atoms with Crippen LogP contribution < -0.4 is 4.90 Å². The molecule has 1 aliphatic heterocycles. The van der Waals surface area contributed by atoms with Crippen LogP contribution in [0.4, 0.5) is 5.69 Å². The molecule has 2 amide bonds. The molecule has 0 spiro atoms. The van der Waals surface area contributed by atoms with Crippen molar-refractivity contribution in [1.82, 2.24) is 4.90 Å². The van der Waals surface area contributed by atoms with Gasteiger partial charge in [-0.15, -0.1) is 0 Å². The Hall–Kier alpha value is -2.08. The average molecular weight is 365 g/mol. The van der Waals surface area contributed by atoms with Gasteiger partial charge in [0.25, 0.3) is 0 Å². The number of carbonyl (C=O) groups is 3. The van der Waals surface area contributed by atoms with E-state index >= 15 is 0 Å². The van der Waals surface area contributed by atoms with Crippen LogP contribution in [0.5, 0.6) is 0 Å². The highest BCUT2D eigenvalue weighted by Crippen LogP contribution is 2.34. The largest absolute Gasteiger partial charge is 0.481 e. The zero-order chi connectivity index (χ0) is 18.1. The molecule has 6 nitrogen and oxygen atoms in total. The molecule has 1 saturated heterocycles. The highest BCUT2D eigenvalue weighted by atomic mass is 35.5. The third-order valence-electron chi connectivity index (χ3n) is 4.78. The Morgan fingerprint density at radius 3 is 2.64 bits per heavy atom. The summed E-state index contributed by atoms with van der Waals surface area (Å²) in [5.41, 5.74) is 0.612. The van der Waals surface area contributed by atoms with E-state index in [9.17, 15) is 14.4 Å². The summed E-state index contributed by atoms with van der Waals surface area (Å²) in [6.07, 6.45) is 1.93. The van der Waals surface area contributed by atoms with E-state index in [1.807, 2.05) is 0 Å². The summed E-state index contributed by atoms with van der Waals surface area (Å²) in [6.45, 7) is 2.07. The molecule has 0 radical (unpaired) electrons. The number of hydrogen-bond donors (Lipinski definition) is 1. The summed E-state index contributed by atoms with van der Waals surface area (Å²) in [5.74, 6) is -2.25. The van der Waals surface area contributed by atoms with E-state index in [1.165, 1.54) is 0 Å². The van der Waals surface area contributed by atoms with Crippen LogP contribution in [0.25, 0.3) is 0 Å². The van der Waals surface area contributed by atoms with Crippen molar-refractivity contribution in [2.75, 3.05) is 18.0 Å². The molecular weight excluding hydrogens is 344 g/mol. The van der Waals surface area contributed by atoms with Crippen LogP contribution in [0.2, 0.25) is 5.02 Å². The number of carboxylic acid groups (broad SMARTS) is 1. The predicted octanol–water partition coefficient (Wildman–Crippen LogP) is 2.40. The number of benzene rings is 1. The molecule has 1 heterocycles. The maximum atomic E-state index is 12.9. The molecule has 2 fully saturated rings. The number of halogens is 1. The second-order valence-electron chi connectivity index (χ2n) is 6.82. The second kappa shape index (κ2) is 7.04. The number of carboxylic acids is 1. The van der Waals surface area contributed by atoms with Gasteiger partial charge in [0, 0.05) is 25.6 Å². The molecule has 0 bridgehead atoms. The Balaban J connectivity index is 1.73. The fourth-order valence-corrected chi connectivity index (χ4v) is 3.43. The summed E-state index contributed by atoms with van der Waals surface area (Å²) < 4.78 is 0. The molecule has 7 heteroatoms. The Kier molecular flexibility index (Phi) is 4.99. The highest BCUT2D eigenvalue weighted by Gasteiger charge is 2.42. The number of hydrogen-bond acceptors (Lipinski definition) is 3. The zero-order valence-corrected chi connectivity index (χ0v) is 14.8. The molecular formula is C18H21ClN2O4. The lowest BCUT2D eigenvalue weighted by Crippen LogP contribution is -2.42. The van der Waals surface area contributed by atoms with Gasteiger partial charge in [-0.25, -0.2) is 0 Å². The molecule has 2 atom stereocenters. The summed E-state index contributed by atoms with van der Waals surface area (Å²) in [7, 11) is 0. The lowest BCUT2D eigenvalue weighted by atomic mass is 10.1. The summed E-state index contributed by atoms with van der Waals surface area (Å²) >= 11 is 6.17. The smallest absolute Gasteiger partial charge is 0.308 e. The molecule has 1 aromatic carbocycles. The summed E-state index contributed by atoms with van der Waals surface area (Å²) in [5, 5.41) is 9.60. The van der Waals surface area contributed by atoms with Gasteiger partial charge in [0.1, 0.15) is 0 Å². The van der Waals surface area contributed by atoms with Crippen LogP contribution in [0.1, 0.15) is 26.2 Å². The standard InChI is InChI=1S/C18H21ClN2O4/c1-11(18(24)25)9-20(13-6-7-13)17(23)12-8-16(22)21(10-12)15-5-3-2-4-14(15)19/h2-5,11-13H,6-10H2,1H3,(H,24,25). The summed E-state index contributed by atoms with van der Waals surface area (Å²) in [4.78, 5) is 39.6. The lowest BCUT2D eigenvalue weighted by molar-refractivity contribution is -0.144. The van der Waals surface area contributed by atoms with Crippen molar-refractivity contribution in [1.29, 1.82) is 0 Å². The maximum Gasteiger partial charge on any atom is 0.308 e. The number of amides is 2. The van der Waals surface area contributed by atoms with Crippen LogP contribution in [0, 0.1) is 11.8 Å². The molecule has 1 saturated carbocycles. The van der Waals surface area contributed by atoms with Gasteiger partial charge >= 0.3 is 5.97 Å². The molecule has 25 heavy (non-hydrogen) atoms. The molecule has 3 rings (SSSR count). The van der Waals surface area contributed by atoms with Crippen molar-refractivity contribution in [3.8, 4) is 0 Å². The van der Waals surface area contributed by atoms with E-state index < -0.39 is 17.8 Å². The van der Waals surface area contributed by atoms with Crippen LogP contribution in [0.15, 0.2) is 24.3 Å². The van der Waals surface area contributed by atoms with E-state index in [0.717, 1.165) is 12.8 Å². The first-order chi connectivity index (χ1) is 11.9. The number of aliphatic carboxylic acids is 1.